The molecule has 0 aromatic heterocycles. The van der Waals surface area contributed by atoms with Gasteiger partial charge in [0.25, 0.3) is 0 Å². The molecule has 0 atom stereocenters. The lowest BCUT2D eigenvalue weighted by molar-refractivity contribution is -0.144. The van der Waals surface area contributed by atoms with Gasteiger partial charge in [0.05, 0.1) is 19.1 Å². The summed E-state index contributed by atoms with van der Waals surface area (Å²) in [7, 11) is 1.33. The number of methoxy groups -OCH3 is 1. The molecule has 0 saturated carbocycles. The van der Waals surface area contributed by atoms with Crippen molar-refractivity contribution in [2.24, 2.45) is 0 Å². The van der Waals surface area contributed by atoms with Gasteiger partial charge < -0.3 is 9.47 Å². The summed E-state index contributed by atoms with van der Waals surface area (Å²) < 4.78 is 9.81. The van der Waals surface area contributed by atoms with Crippen LogP contribution in [0.25, 0.3) is 0 Å². The van der Waals surface area contributed by atoms with Gasteiger partial charge in [0, 0.05) is 0 Å². The first-order valence-corrected chi connectivity index (χ1v) is 6.56. The molecule has 21 heavy (non-hydrogen) atoms. The van der Waals surface area contributed by atoms with E-state index in [1.807, 2.05) is 30.3 Å². The molecule has 2 rings (SSSR count). The lowest BCUT2D eigenvalue weighted by atomic mass is 10.1. The van der Waals surface area contributed by atoms with Crippen LogP contribution in [0.4, 0.5) is 0 Å². The van der Waals surface area contributed by atoms with Crippen LogP contribution < -0.4 is 0 Å². The maximum Gasteiger partial charge on any atom is 0.337 e. The van der Waals surface area contributed by atoms with Crippen LogP contribution in [0, 0.1) is 0 Å². The molecule has 4 nitrogen and oxygen atoms in total. The Bertz CT molecular complexity index is 602. The first-order valence-electron chi connectivity index (χ1n) is 6.56. The van der Waals surface area contributed by atoms with Crippen LogP contribution >= 0.6 is 0 Å². The normalized spacial score (nSPS) is 9.95. The predicted octanol–water partition coefficient (Wildman–Crippen LogP) is 2.76. The number of carbonyl (C=O) groups is 2. The fourth-order valence-corrected chi connectivity index (χ4v) is 1.83. The minimum atomic E-state index is -0.395. The zero-order valence-corrected chi connectivity index (χ0v) is 11.7. The molecule has 0 amide bonds. The Morgan fingerprint density at radius 3 is 2.19 bits per heavy atom. The molecule has 0 fully saturated rings. The van der Waals surface area contributed by atoms with Crippen molar-refractivity contribution < 1.29 is 19.1 Å². The van der Waals surface area contributed by atoms with E-state index in [9.17, 15) is 9.59 Å². The molecule has 0 radical (unpaired) electrons. The predicted molar refractivity (Wildman–Crippen MR) is 77.7 cm³/mol. The molecule has 0 spiro atoms. The van der Waals surface area contributed by atoms with E-state index in [4.69, 9.17) is 4.74 Å². The fourth-order valence-electron chi connectivity index (χ4n) is 1.83. The number of hydrogen-bond acceptors (Lipinski definition) is 4. The summed E-state index contributed by atoms with van der Waals surface area (Å²) in [4.78, 5) is 23.0. The van der Waals surface area contributed by atoms with Gasteiger partial charge in [0.1, 0.15) is 6.61 Å². The summed E-state index contributed by atoms with van der Waals surface area (Å²) in [5.74, 6) is -0.696. The summed E-state index contributed by atoms with van der Waals surface area (Å²) in [5.41, 5.74) is 2.20. The smallest absolute Gasteiger partial charge is 0.337 e. The SMILES string of the molecule is COC(=O)c1ccc(CC(=O)OCc2ccccc2)cc1. The van der Waals surface area contributed by atoms with Crippen LogP contribution in [0.15, 0.2) is 54.6 Å². The van der Waals surface area contributed by atoms with E-state index < -0.39 is 5.97 Å². The quantitative estimate of drug-likeness (QED) is 0.792. The highest BCUT2D eigenvalue weighted by Crippen LogP contribution is 2.08. The average Bonchev–Trinajstić information content (AvgIpc) is 2.54. The van der Waals surface area contributed by atoms with Crippen LogP contribution in [0.2, 0.25) is 0 Å². The minimum absolute atomic E-state index is 0.175. The van der Waals surface area contributed by atoms with Crippen molar-refractivity contribution in [3.63, 3.8) is 0 Å². The second kappa shape index (κ2) is 7.24. The van der Waals surface area contributed by atoms with Crippen molar-refractivity contribution in [2.75, 3.05) is 7.11 Å². The van der Waals surface area contributed by atoms with Gasteiger partial charge in [-0.2, -0.15) is 0 Å². The van der Waals surface area contributed by atoms with Crippen LogP contribution in [0.1, 0.15) is 21.5 Å². The summed E-state index contributed by atoms with van der Waals surface area (Å²) in [6, 6.07) is 16.2. The highest BCUT2D eigenvalue weighted by molar-refractivity contribution is 5.89. The molecule has 0 heterocycles. The summed E-state index contributed by atoms with van der Waals surface area (Å²) >= 11 is 0. The Hall–Kier alpha value is -2.62. The lowest BCUT2D eigenvalue weighted by Crippen LogP contribution is -2.08. The van der Waals surface area contributed by atoms with E-state index in [0.29, 0.717) is 5.56 Å². The minimum Gasteiger partial charge on any atom is -0.465 e. The Morgan fingerprint density at radius 1 is 0.905 bits per heavy atom. The third-order valence-electron chi connectivity index (χ3n) is 2.97. The Balaban J connectivity index is 1.86. The number of benzene rings is 2. The standard InChI is InChI=1S/C17H16O4/c1-20-17(19)15-9-7-13(8-10-15)11-16(18)21-12-14-5-3-2-4-6-14/h2-10H,11-12H2,1H3. The number of hydrogen-bond donors (Lipinski definition) is 0. The number of rotatable bonds is 5. The van der Waals surface area contributed by atoms with Crippen LogP contribution in [0.3, 0.4) is 0 Å². The number of carbonyl (C=O) groups excluding carboxylic acids is 2. The van der Waals surface area contributed by atoms with Gasteiger partial charge in [-0.15, -0.1) is 0 Å². The maximum atomic E-state index is 11.7. The zero-order chi connectivity index (χ0) is 15.1. The highest BCUT2D eigenvalue weighted by atomic mass is 16.5. The van der Waals surface area contributed by atoms with Crippen molar-refractivity contribution >= 4 is 11.9 Å². The van der Waals surface area contributed by atoms with E-state index in [1.54, 1.807) is 24.3 Å². The van der Waals surface area contributed by atoms with Crippen molar-refractivity contribution in [1.82, 2.24) is 0 Å². The average molecular weight is 284 g/mol. The number of esters is 2. The highest BCUT2D eigenvalue weighted by Gasteiger charge is 2.08. The first-order chi connectivity index (χ1) is 10.2. The van der Waals surface area contributed by atoms with E-state index in [2.05, 4.69) is 4.74 Å². The van der Waals surface area contributed by atoms with Crippen molar-refractivity contribution in [3.8, 4) is 0 Å². The molecular weight excluding hydrogens is 268 g/mol. The zero-order valence-electron chi connectivity index (χ0n) is 11.7. The molecule has 0 saturated heterocycles. The monoisotopic (exact) mass is 284 g/mol. The van der Waals surface area contributed by atoms with Gasteiger partial charge in [-0.25, -0.2) is 4.79 Å². The molecular formula is C17H16O4. The molecule has 0 aliphatic heterocycles. The van der Waals surface area contributed by atoms with Gasteiger partial charge in [-0.3, -0.25) is 4.79 Å². The van der Waals surface area contributed by atoms with Crippen LogP contribution in [-0.4, -0.2) is 19.0 Å². The van der Waals surface area contributed by atoms with Crippen molar-refractivity contribution in [3.05, 3.63) is 71.3 Å². The number of ether oxygens (including phenoxy) is 2. The fraction of sp³-hybridized carbons (Fsp3) is 0.176. The third kappa shape index (κ3) is 4.45. The Kier molecular flexibility index (Phi) is 5.10. The second-order valence-electron chi connectivity index (χ2n) is 4.51. The van der Waals surface area contributed by atoms with Crippen molar-refractivity contribution in [2.45, 2.75) is 13.0 Å². The van der Waals surface area contributed by atoms with Crippen LogP contribution in [0.5, 0.6) is 0 Å². The topological polar surface area (TPSA) is 52.6 Å². The van der Waals surface area contributed by atoms with Gasteiger partial charge >= 0.3 is 11.9 Å². The van der Waals surface area contributed by atoms with E-state index >= 15 is 0 Å². The molecule has 4 heteroatoms. The van der Waals surface area contributed by atoms with Crippen LogP contribution in [-0.2, 0) is 27.3 Å². The van der Waals surface area contributed by atoms with Gasteiger partial charge in [0.2, 0.25) is 0 Å². The van der Waals surface area contributed by atoms with Gasteiger partial charge in [-0.1, -0.05) is 42.5 Å². The third-order valence-corrected chi connectivity index (χ3v) is 2.97. The molecule has 2 aromatic rings. The van der Waals surface area contributed by atoms with Gasteiger partial charge in [0.15, 0.2) is 0 Å². The summed E-state index contributed by atoms with van der Waals surface area (Å²) in [5, 5.41) is 0. The first kappa shape index (κ1) is 14.8. The molecule has 0 aliphatic carbocycles. The molecule has 108 valence electrons. The van der Waals surface area contributed by atoms with E-state index in [-0.39, 0.29) is 19.0 Å². The summed E-state index contributed by atoms with van der Waals surface area (Å²) in [6.07, 6.45) is 0.175. The van der Waals surface area contributed by atoms with Crippen molar-refractivity contribution in [1.29, 1.82) is 0 Å². The van der Waals surface area contributed by atoms with Gasteiger partial charge in [-0.05, 0) is 23.3 Å². The molecule has 2 aromatic carbocycles. The Morgan fingerprint density at radius 2 is 1.57 bits per heavy atom. The molecule has 0 N–H and O–H groups in total. The summed E-state index contributed by atoms with van der Waals surface area (Å²) in [6.45, 7) is 0.264. The molecule has 0 aliphatic rings. The molecule has 0 unspecified atom stereocenters. The second-order valence-corrected chi connectivity index (χ2v) is 4.51. The lowest BCUT2D eigenvalue weighted by Gasteiger charge is -2.05. The van der Waals surface area contributed by atoms with E-state index in [0.717, 1.165) is 11.1 Å². The van der Waals surface area contributed by atoms with E-state index in [1.165, 1.54) is 7.11 Å². The maximum absolute atomic E-state index is 11.7. The Labute approximate surface area is 123 Å². The molecule has 0 bridgehead atoms. The largest absolute Gasteiger partial charge is 0.465 e.